The van der Waals surface area contributed by atoms with Crippen molar-refractivity contribution in [1.29, 1.82) is 0 Å². The number of piperazine rings is 1. The largest absolute Gasteiger partial charge is 0.335 e. The van der Waals surface area contributed by atoms with Crippen LogP contribution < -0.4 is 5.01 Å². The van der Waals surface area contributed by atoms with E-state index in [9.17, 15) is 4.79 Å². The number of carbonyl (C=O) groups is 1. The van der Waals surface area contributed by atoms with Gasteiger partial charge in [-0.2, -0.15) is 5.10 Å². The first kappa shape index (κ1) is 23.0. The maximum Gasteiger partial charge on any atom is 0.270 e. The zero-order valence-corrected chi connectivity index (χ0v) is 20.7. The van der Waals surface area contributed by atoms with Crippen molar-refractivity contribution < 1.29 is 4.79 Å². The Morgan fingerprint density at radius 3 is 2.21 bits per heavy atom. The van der Waals surface area contributed by atoms with E-state index in [0.717, 1.165) is 37.4 Å². The topological polar surface area (TPSA) is 39.2 Å². The Morgan fingerprint density at radius 2 is 1.55 bits per heavy atom. The van der Waals surface area contributed by atoms with Gasteiger partial charge in [0.1, 0.15) is 5.71 Å². The van der Waals surface area contributed by atoms with E-state index in [-0.39, 0.29) is 11.9 Å². The lowest BCUT2D eigenvalue weighted by atomic mass is 10.0. The number of hydrazone groups is 1. The minimum atomic E-state index is -0.139. The monoisotopic (exact) mass is 504 g/mol. The van der Waals surface area contributed by atoms with Gasteiger partial charge < -0.3 is 4.90 Å². The lowest BCUT2D eigenvalue weighted by Crippen LogP contribution is -2.52. The minimum Gasteiger partial charge on any atom is -0.335 e. The van der Waals surface area contributed by atoms with Crippen LogP contribution in [0, 0.1) is 0 Å². The lowest BCUT2D eigenvalue weighted by Gasteiger charge is -2.38. The van der Waals surface area contributed by atoms with Crippen LogP contribution in [0.15, 0.2) is 47.6 Å². The van der Waals surface area contributed by atoms with Gasteiger partial charge in [-0.25, -0.2) is 0 Å². The summed E-state index contributed by atoms with van der Waals surface area (Å²) in [5.74, 6) is 0.0209. The molecular weight excluding hydrogens is 479 g/mol. The molecule has 5 nitrogen and oxygen atoms in total. The Kier molecular flexibility index (Phi) is 6.84. The molecule has 0 radical (unpaired) electrons. The van der Waals surface area contributed by atoms with Crippen LogP contribution in [0.2, 0.25) is 15.1 Å². The molecular formula is C25H27Cl3N4O. The standard InChI is InChI=1S/C25H27Cl3N4O/c26-18-7-5-17(6-8-18)24-16-22(29-32(24)23-10-9-19(27)15-21(23)28)25(33)31-13-11-30(12-14-31)20-3-1-2-4-20/h5-10,15,20,24H,1-4,11-14,16H2. The summed E-state index contributed by atoms with van der Waals surface area (Å²) in [6, 6.07) is 13.6. The lowest BCUT2D eigenvalue weighted by molar-refractivity contribution is -0.126. The molecule has 0 aromatic heterocycles. The number of carbonyl (C=O) groups excluding carboxylic acids is 1. The van der Waals surface area contributed by atoms with Crippen molar-refractivity contribution in [3.05, 3.63) is 63.1 Å². The van der Waals surface area contributed by atoms with Crippen molar-refractivity contribution in [3.8, 4) is 0 Å². The predicted molar refractivity (Wildman–Crippen MR) is 136 cm³/mol. The molecule has 1 saturated carbocycles. The summed E-state index contributed by atoms with van der Waals surface area (Å²) < 4.78 is 0. The fraction of sp³-hybridized carbons (Fsp3) is 0.440. The fourth-order valence-electron chi connectivity index (χ4n) is 5.22. The summed E-state index contributed by atoms with van der Waals surface area (Å²) in [6.07, 6.45) is 5.76. The first-order valence-corrected chi connectivity index (χ1v) is 12.7. The molecule has 3 aliphatic rings. The number of hydrogen-bond donors (Lipinski definition) is 0. The van der Waals surface area contributed by atoms with Crippen molar-refractivity contribution >= 4 is 52.1 Å². The van der Waals surface area contributed by atoms with Crippen LogP contribution in [0.5, 0.6) is 0 Å². The SMILES string of the molecule is O=C(C1=NN(c2ccc(Cl)cc2Cl)C(c2ccc(Cl)cc2)C1)N1CCN(C2CCCC2)CC1. The molecule has 1 amide bonds. The molecule has 2 heterocycles. The van der Waals surface area contributed by atoms with Gasteiger partial charge >= 0.3 is 0 Å². The molecule has 1 atom stereocenters. The van der Waals surface area contributed by atoms with Crippen LogP contribution in [0.1, 0.15) is 43.7 Å². The average Bonchev–Trinajstić information content (AvgIpc) is 3.50. The van der Waals surface area contributed by atoms with Crippen LogP contribution in [0.25, 0.3) is 0 Å². The third kappa shape index (κ3) is 4.88. The van der Waals surface area contributed by atoms with E-state index in [0.29, 0.717) is 33.2 Å². The number of benzene rings is 2. The van der Waals surface area contributed by atoms with Crippen LogP contribution in [-0.4, -0.2) is 53.6 Å². The summed E-state index contributed by atoms with van der Waals surface area (Å²) in [5.41, 5.74) is 2.33. The first-order valence-electron chi connectivity index (χ1n) is 11.6. The van der Waals surface area contributed by atoms with Gasteiger partial charge in [-0.3, -0.25) is 14.7 Å². The first-order chi connectivity index (χ1) is 16.0. The second kappa shape index (κ2) is 9.83. The molecule has 0 spiro atoms. The van der Waals surface area contributed by atoms with Crippen molar-refractivity contribution in [1.82, 2.24) is 9.80 Å². The van der Waals surface area contributed by atoms with Crippen molar-refractivity contribution in [2.24, 2.45) is 5.10 Å². The van der Waals surface area contributed by atoms with Gasteiger partial charge in [-0.15, -0.1) is 0 Å². The normalized spacial score (nSPS) is 22.2. The molecule has 2 fully saturated rings. The van der Waals surface area contributed by atoms with Crippen LogP contribution in [0.3, 0.4) is 0 Å². The van der Waals surface area contributed by atoms with E-state index in [1.807, 2.05) is 40.2 Å². The van der Waals surface area contributed by atoms with E-state index >= 15 is 0 Å². The molecule has 2 aromatic rings. The predicted octanol–water partition coefficient (Wildman–Crippen LogP) is 6.04. The van der Waals surface area contributed by atoms with Gasteiger partial charge in [0.05, 0.1) is 16.8 Å². The number of hydrogen-bond acceptors (Lipinski definition) is 4. The molecule has 33 heavy (non-hydrogen) atoms. The summed E-state index contributed by atoms with van der Waals surface area (Å²) in [7, 11) is 0. The third-order valence-corrected chi connectivity index (χ3v) is 7.80. The molecule has 2 aromatic carbocycles. The maximum absolute atomic E-state index is 13.4. The summed E-state index contributed by atoms with van der Waals surface area (Å²) >= 11 is 18.8. The molecule has 2 aliphatic heterocycles. The van der Waals surface area contributed by atoms with Crippen molar-refractivity contribution in [3.63, 3.8) is 0 Å². The quantitative estimate of drug-likeness (QED) is 0.508. The van der Waals surface area contributed by atoms with Gasteiger partial charge in [0.25, 0.3) is 5.91 Å². The Balaban J connectivity index is 1.36. The minimum absolute atomic E-state index is 0.0209. The molecule has 174 valence electrons. The van der Waals surface area contributed by atoms with E-state index in [4.69, 9.17) is 39.9 Å². The van der Waals surface area contributed by atoms with Crippen molar-refractivity contribution in [2.75, 3.05) is 31.2 Å². The summed E-state index contributed by atoms with van der Waals surface area (Å²) in [6.45, 7) is 3.39. The average molecular weight is 506 g/mol. The molecule has 0 N–H and O–H groups in total. The van der Waals surface area contributed by atoms with Gasteiger partial charge in [0, 0.05) is 48.7 Å². The highest BCUT2D eigenvalue weighted by molar-refractivity contribution is 6.40. The fourth-order valence-corrected chi connectivity index (χ4v) is 5.84. The number of halogens is 3. The zero-order valence-electron chi connectivity index (χ0n) is 18.4. The number of rotatable bonds is 4. The van der Waals surface area contributed by atoms with E-state index in [1.165, 1.54) is 25.7 Å². The number of nitrogens with zero attached hydrogens (tertiary/aromatic N) is 4. The molecule has 1 aliphatic carbocycles. The van der Waals surface area contributed by atoms with Crippen LogP contribution >= 0.6 is 34.8 Å². The summed E-state index contributed by atoms with van der Waals surface area (Å²) in [5, 5.41) is 8.37. The van der Waals surface area contributed by atoms with Crippen LogP contribution in [-0.2, 0) is 4.79 Å². The second-order valence-corrected chi connectivity index (χ2v) is 10.3. The Bertz CT molecular complexity index is 1040. The highest BCUT2D eigenvalue weighted by Crippen LogP contribution is 2.40. The van der Waals surface area contributed by atoms with E-state index in [1.54, 1.807) is 12.1 Å². The Hall–Kier alpha value is -1.79. The smallest absolute Gasteiger partial charge is 0.270 e. The highest BCUT2D eigenvalue weighted by Gasteiger charge is 2.36. The number of anilines is 1. The molecule has 8 heteroatoms. The Morgan fingerprint density at radius 1 is 0.879 bits per heavy atom. The van der Waals surface area contributed by atoms with Gasteiger partial charge in [0.2, 0.25) is 0 Å². The van der Waals surface area contributed by atoms with Gasteiger partial charge in [0.15, 0.2) is 0 Å². The molecule has 0 bridgehead atoms. The van der Waals surface area contributed by atoms with Crippen LogP contribution in [0.4, 0.5) is 5.69 Å². The van der Waals surface area contributed by atoms with Crippen molar-refractivity contribution in [2.45, 2.75) is 44.2 Å². The zero-order chi connectivity index (χ0) is 22.9. The third-order valence-electron chi connectivity index (χ3n) is 7.01. The Labute approximate surface area is 209 Å². The molecule has 1 saturated heterocycles. The summed E-state index contributed by atoms with van der Waals surface area (Å²) in [4.78, 5) is 18.0. The van der Waals surface area contributed by atoms with Gasteiger partial charge in [-0.1, -0.05) is 59.8 Å². The molecule has 5 rings (SSSR count). The number of amides is 1. The second-order valence-electron chi connectivity index (χ2n) is 9.02. The maximum atomic E-state index is 13.4. The highest BCUT2D eigenvalue weighted by atomic mass is 35.5. The molecule has 1 unspecified atom stereocenters. The van der Waals surface area contributed by atoms with E-state index < -0.39 is 0 Å². The van der Waals surface area contributed by atoms with E-state index in [2.05, 4.69) is 4.90 Å². The van der Waals surface area contributed by atoms with Gasteiger partial charge in [-0.05, 0) is 48.7 Å².